The molecule has 1 aromatic carbocycles. The quantitative estimate of drug-likeness (QED) is 0.865. The van der Waals surface area contributed by atoms with Gasteiger partial charge < -0.3 is 5.73 Å². The highest BCUT2D eigenvalue weighted by molar-refractivity contribution is 9.10. The number of rotatable bonds is 2. The van der Waals surface area contributed by atoms with Gasteiger partial charge in [0, 0.05) is 16.1 Å². The lowest BCUT2D eigenvalue weighted by Crippen LogP contribution is -2.14. The van der Waals surface area contributed by atoms with Crippen LogP contribution in [-0.2, 0) is 0 Å². The molecule has 0 amide bonds. The fraction of sp³-hybridized carbons (Fsp3) is 0.455. The van der Waals surface area contributed by atoms with Crippen molar-refractivity contribution in [1.29, 1.82) is 0 Å². The van der Waals surface area contributed by atoms with Gasteiger partial charge >= 0.3 is 0 Å². The molecule has 1 aliphatic carbocycles. The maximum Gasteiger partial charge on any atom is 0.130 e. The molecule has 0 heterocycles. The summed E-state index contributed by atoms with van der Waals surface area (Å²) in [5.41, 5.74) is 7.29. The van der Waals surface area contributed by atoms with Gasteiger partial charge in [-0.05, 0) is 43.4 Å². The molecule has 0 saturated heterocycles. The van der Waals surface area contributed by atoms with Crippen LogP contribution in [0.3, 0.4) is 0 Å². The predicted molar refractivity (Wildman–Crippen MR) is 58.5 cm³/mol. The van der Waals surface area contributed by atoms with E-state index in [0.29, 0.717) is 17.0 Å². The van der Waals surface area contributed by atoms with Crippen LogP contribution in [0.4, 0.5) is 4.39 Å². The molecule has 1 unspecified atom stereocenters. The van der Waals surface area contributed by atoms with Crippen molar-refractivity contribution in [3.8, 4) is 0 Å². The summed E-state index contributed by atoms with van der Waals surface area (Å²) in [5.74, 6) is 0.339. The molecule has 0 aromatic heterocycles. The Hall–Kier alpha value is -0.410. The smallest absolute Gasteiger partial charge is 0.130 e. The van der Waals surface area contributed by atoms with Crippen LogP contribution >= 0.6 is 15.9 Å². The lowest BCUT2D eigenvalue weighted by atomic mass is 10.0. The summed E-state index contributed by atoms with van der Waals surface area (Å²) in [7, 11) is 0. The van der Waals surface area contributed by atoms with Gasteiger partial charge in [0.05, 0.1) is 0 Å². The van der Waals surface area contributed by atoms with Crippen molar-refractivity contribution < 1.29 is 4.39 Å². The minimum atomic E-state index is -0.146. The highest BCUT2D eigenvalue weighted by atomic mass is 79.9. The second-order valence-corrected chi connectivity index (χ2v) is 4.90. The molecule has 0 radical (unpaired) electrons. The molecule has 2 rings (SSSR count). The maximum atomic E-state index is 13.7. The normalized spacial score (nSPS) is 18.3. The summed E-state index contributed by atoms with van der Waals surface area (Å²) in [4.78, 5) is 0. The number of benzene rings is 1. The first-order valence-electron chi connectivity index (χ1n) is 4.80. The van der Waals surface area contributed by atoms with E-state index in [-0.39, 0.29) is 11.9 Å². The predicted octanol–water partition coefficient (Wildman–Crippen LogP) is 3.31. The summed E-state index contributed by atoms with van der Waals surface area (Å²) in [6.45, 7) is 1.77. The second-order valence-electron chi connectivity index (χ2n) is 3.99. The topological polar surface area (TPSA) is 26.0 Å². The first kappa shape index (κ1) is 10.1. The SMILES string of the molecule is Cc1cc(Br)cc(C(N)C2CC2)c1F. The molecule has 1 saturated carbocycles. The molecule has 1 aliphatic rings. The Bertz CT molecular complexity index is 361. The van der Waals surface area contributed by atoms with Gasteiger partial charge in [0.2, 0.25) is 0 Å². The van der Waals surface area contributed by atoms with Crippen LogP contribution in [0, 0.1) is 18.7 Å². The Morgan fingerprint density at radius 1 is 1.50 bits per heavy atom. The van der Waals surface area contributed by atoms with Crippen molar-refractivity contribution >= 4 is 15.9 Å². The Morgan fingerprint density at radius 2 is 2.14 bits per heavy atom. The summed E-state index contributed by atoms with van der Waals surface area (Å²) in [6, 6.07) is 3.44. The van der Waals surface area contributed by atoms with E-state index in [1.54, 1.807) is 19.1 Å². The minimum Gasteiger partial charge on any atom is -0.324 e. The van der Waals surface area contributed by atoms with E-state index < -0.39 is 0 Å². The molecular weight excluding hydrogens is 245 g/mol. The lowest BCUT2D eigenvalue weighted by molar-refractivity contribution is 0.548. The molecule has 0 aliphatic heterocycles. The van der Waals surface area contributed by atoms with E-state index in [1.807, 2.05) is 0 Å². The number of hydrogen-bond donors (Lipinski definition) is 1. The molecule has 2 N–H and O–H groups in total. The monoisotopic (exact) mass is 257 g/mol. The van der Waals surface area contributed by atoms with Gasteiger partial charge in [-0.25, -0.2) is 4.39 Å². The Labute approximate surface area is 91.6 Å². The first-order chi connectivity index (χ1) is 6.59. The molecule has 1 aromatic rings. The average Bonchev–Trinajstić information content (AvgIpc) is 2.93. The van der Waals surface area contributed by atoms with Crippen LogP contribution in [0.5, 0.6) is 0 Å². The fourth-order valence-corrected chi connectivity index (χ4v) is 2.29. The third kappa shape index (κ3) is 1.84. The number of aryl methyl sites for hydroxylation is 1. The standard InChI is InChI=1S/C11H13BrFN/c1-6-4-8(12)5-9(10(6)13)11(14)7-2-3-7/h4-5,7,11H,2-3,14H2,1H3. The van der Waals surface area contributed by atoms with Gasteiger partial charge in [-0.3, -0.25) is 0 Å². The van der Waals surface area contributed by atoms with E-state index in [1.165, 1.54) is 0 Å². The first-order valence-corrected chi connectivity index (χ1v) is 5.60. The Balaban J connectivity index is 2.39. The van der Waals surface area contributed by atoms with E-state index in [9.17, 15) is 4.39 Å². The lowest BCUT2D eigenvalue weighted by Gasteiger charge is -2.13. The zero-order chi connectivity index (χ0) is 10.3. The van der Waals surface area contributed by atoms with Crippen molar-refractivity contribution in [2.75, 3.05) is 0 Å². The summed E-state index contributed by atoms with van der Waals surface area (Å²) >= 11 is 3.36. The van der Waals surface area contributed by atoms with E-state index in [2.05, 4.69) is 15.9 Å². The molecule has 14 heavy (non-hydrogen) atoms. The number of hydrogen-bond acceptors (Lipinski definition) is 1. The zero-order valence-electron chi connectivity index (χ0n) is 8.06. The Kier molecular flexibility index (Phi) is 2.62. The van der Waals surface area contributed by atoms with E-state index >= 15 is 0 Å². The van der Waals surface area contributed by atoms with Crippen LogP contribution < -0.4 is 5.73 Å². The van der Waals surface area contributed by atoms with Crippen LogP contribution in [0.15, 0.2) is 16.6 Å². The van der Waals surface area contributed by atoms with E-state index in [0.717, 1.165) is 17.3 Å². The van der Waals surface area contributed by atoms with Crippen molar-refractivity contribution in [2.24, 2.45) is 11.7 Å². The van der Waals surface area contributed by atoms with Crippen LogP contribution in [-0.4, -0.2) is 0 Å². The summed E-state index contributed by atoms with van der Waals surface area (Å²) in [6.07, 6.45) is 2.26. The second kappa shape index (κ2) is 3.63. The van der Waals surface area contributed by atoms with Crippen LogP contribution in [0.2, 0.25) is 0 Å². The van der Waals surface area contributed by atoms with Crippen molar-refractivity contribution in [3.63, 3.8) is 0 Å². The summed E-state index contributed by atoms with van der Waals surface area (Å²) < 4.78 is 14.6. The van der Waals surface area contributed by atoms with Crippen LogP contribution in [0.25, 0.3) is 0 Å². The molecule has 1 fully saturated rings. The third-order valence-electron chi connectivity index (χ3n) is 2.74. The average molecular weight is 258 g/mol. The highest BCUT2D eigenvalue weighted by Crippen LogP contribution is 2.41. The van der Waals surface area contributed by atoms with Crippen LogP contribution in [0.1, 0.15) is 30.0 Å². The van der Waals surface area contributed by atoms with Gasteiger partial charge in [0.25, 0.3) is 0 Å². The minimum absolute atomic E-state index is 0.133. The van der Waals surface area contributed by atoms with Crippen molar-refractivity contribution in [1.82, 2.24) is 0 Å². The van der Waals surface area contributed by atoms with Gasteiger partial charge in [-0.2, -0.15) is 0 Å². The molecule has 1 atom stereocenters. The maximum absolute atomic E-state index is 13.7. The molecule has 0 bridgehead atoms. The molecular formula is C11H13BrFN. The zero-order valence-corrected chi connectivity index (χ0v) is 9.64. The van der Waals surface area contributed by atoms with Gasteiger partial charge in [0.1, 0.15) is 5.82 Å². The van der Waals surface area contributed by atoms with Gasteiger partial charge in [0.15, 0.2) is 0 Å². The molecule has 1 nitrogen and oxygen atoms in total. The highest BCUT2D eigenvalue weighted by Gasteiger charge is 2.31. The third-order valence-corrected chi connectivity index (χ3v) is 3.19. The summed E-state index contributed by atoms with van der Waals surface area (Å²) in [5, 5.41) is 0. The Morgan fingerprint density at radius 3 is 2.71 bits per heavy atom. The fourth-order valence-electron chi connectivity index (χ4n) is 1.70. The molecule has 76 valence electrons. The van der Waals surface area contributed by atoms with Crippen molar-refractivity contribution in [2.45, 2.75) is 25.8 Å². The van der Waals surface area contributed by atoms with Crippen molar-refractivity contribution in [3.05, 3.63) is 33.5 Å². The number of nitrogens with two attached hydrogens (primary N) is 1. The van der Waals surface area contributed by atoms with E-state index in [4.69, 9.17) is 5.73 Å². The largest absolute Gasteiger partial charge is 0.324 e. The van der Waals surface area contributed by atoms with Gasteiger partial charge in [-0.15, -0.1) is 0 Å². The molecule has 3 heteroatoms. The number of halogens is 2. The molecule has 0 spiro atoms. The van der Waals surface area contributed by atoms with Gasteiger partial charge in [-0.1, -0.05) is 15.9 Å².